The molecule has 0 aliphatic rings. The fourth-order valence-corrected chi connectivity index (χ4v) is 1.55. The molecule has 0 aliphatic heterocycles. The highest BCUT2D eigenvalue weighted by atomic mass is 15.4. The van der Waals surface area contributed by atoms with Crippen molar-refractivity contribution in [3.63, 3.8) is 0 Å². The van der Waals surface area contributed by atoms with Gasteiger partial charge in [0.1, 0.15) is 0 Å². The van der Waals surface area contributed by atoms with Crippen LogP contribution >= 0.6 is 0 Å². The first-order valence-electron chi connectivity index (χ1n) is 5.04. The van der Waals surface area contributed by atoms with Crippen molar-refractivity contribution in [1.82, 2.24) is 14.6 Å². The number of nitrogens with zero attached hydrogens (tertiary/aromatic N) is 3. The molecule has 2 aromatic heterocycles. The largest absolute Gasteiger partial charge is 0.277 e. The van der Waals surface area contributed by atoms with Gasteiger partial charge in [-0.3, -0.25) is 15.1 Å². The molecule has 1 N–H and O–H groups in total. The summed E-state index contributed by atoms with van der Waals surface area (Å²) in [5, 5.41) is 0. The van der Waals surface area contributed by atoms with Gasteiger partial charge in [-0.1, -0.05) is 12.1 Å². The third kappa shape index (κ3) is 1.61. The Bertz CT molecular complexity index is 601. The van der Waals surface area contributed by atoms with Gasteiger partial charge in [0.25, 0.3) is 0 Å². The fourth-order valence-electron chi connectivity index (χ4n) is 1.55. The summed E-state index contributed by atoms with van der Waals surface area (Å²) in [5.41, 5.74) is 4.91. The molecule has 3 rings (SSSR count). The van der Waals surface area contributed by atoms with Crippen LogP contribution in [0, 0.1) is 0 Å². The molecule has 0 spiro atoms. The van der Waals surface area contributed by atoms with E-state index in [9.17, 15) is 0 Å². The van der Waals surface area contributed by atoms with E-state index in [4.69, 9.17) is 0 Å². The number of hydrogen-bond donors (Lipinski definition) is 1. The lowest BCUT2D eigenvalue weighted by Gasteiger charge is -2.06. The van der Waals surface area contributed by atoms with E-state index in [2.05, 4.69) is 15.4 Å². The van der Waals surface area contributed by atoms with Gasteiger partial charge in [-0.05, 0) is 24.3 Å². The second-order valence-electron chi connectivity index (χ2n) is 3.45. The number of anilines is 1. The van der Waals surface area contributed by atoms with Crippen LogP contribution in [0.1, 0.15) is 0 Å². The van der Waals surface area contributed by atoms with Gasteiger partial charge in [-0.25, -0.2) is 4.98 Å². The van der Waals surface area contributed by atoms with Gasteiger partial charge in [-0.2, -0.15) is 0 Å². The van der Waals surface area contributed by atoms with Crippen LogP contribution in [-0.2, 0) is 0 Å². The highest BCUT2D eigenvalue weighted by Crippen LogP contribution is 2.11. The van der Waals surface area contributed by atoms with Gasteiger partial charge < -0.3 is 0 Å². The molecule has 3 aromatic rings. The minimum atomic E-state index is 0.731. The molecule has 0 unspecified atom stereocenters. The lowest BCUT2D eigenvalue weighted by molar-refractivity contribution is 0.952. The first-order chi connectivity index (χ1) is 7.92. The van der Waals surface area contributed by atoms with Gasteiger partial charge in [0.05, 0.1) is 17.2 Å². The maximum Gasteiger partial charge on any atom is 0.164 e. The Morgan fingerprint density at radius 1 is 0.938 bits per heavy atom. The third-order valence-electron chi connectivity index (χ3n) is 2.30. The molecule has 4 nitrogen and oxygen atoms in total. The molecule has 16 heavy (non-hydrogen) atoms. The van der Waals surface area contributed by atoms with Crippen molar-refractivity contribution in [2.45, 2.75) is 0 Å². The number of fused-ring (bicyclic) bond motifs is 1. The first-order valence-corrected chi connectivity index (χ1v) is 5.04. The maximum atomic E-state index is 4.46. The van der Waals surface area contributed by atoms with Gasteiger partial charge in [0.2, 0.25) is 0 Å². The molecule has 0 saturated heterocycles. The van der Waals surface area contributed by atoms with Crippen molar-refractivity contribution in [3.8, 4) is 0 Å². The molecule has 2 heterocycles. The highest BCUT2D eigenvalue weighted by molar-refractivity contribution is 5.75. The summed E-state index contributed by atoms with van der Waals surface area (Å²) in [7, 11) is 0. The Kier molecular flexibility index (Phi) is 2.04. The monoisotopic (exact) mass is 210 g/mol. The topological polar surface area (TPSA) is 42.7 Å². The molecule has 1 aromatic carbocycles. The molecular formula is C12H10N4. The maximum absolute atomic E-state index is 4.46. The Morgan fingerprint density at radius 2 is 1.69 bits per heavy atom. The van der Waals surface area contributed by atoms with Crippen LogP contribution in [0.3, 0.4) is 0 Å². The molecule has 4 heteroatoms. The predicted octanol–water partition coefficient (Wildman–Crippen LogP) is 2.31. The van der Waals surface area contributed by atoms with E-state index < -0.39 is 0 Å². The van der Waals surface area contributed by atoms with E-state index in [1.165, 1.54) is 0 Å². The van der Waals surface area contributed by atoms with E-state index in [1.807, 2.05) is 53.5 Å². The van der Waals surface area contributed by atoms with Crippen LogP contribution in [-0.4, -0.2) is 14.6 Å². The van der Waals surface area contributed by atoms with Gasteiger partial charge in [0.15, 0.2) is 5.82 Å². The first kappa shape index (κ1) is 8.91. The molecular weight excluding hydrogens is 200 g/mol. The zero-order valence-corrected chi connectivity index (χ0v) is 8.54. The van der Waals surface area contributed by atoms with Crippen molar-refractivity contribution in [2.24, 2.45) is 0 Å². The lowest BCUT2D eigenvalue weighted by Crippen LogP contribution is -2.07. The zero-order valence-electron chi connectivity index (χ0n) is 8.54. The summed E-state index contributed by atoms with van der Waals surface area (Å²) >= 11 is 0. The molecule has 0 fully saturated rings. The number of rotatable bonds is 2. The van der Waals surface area contributed by atoms with Crippen molar-refractivity contribution in [1.29, 1.82) is 0 Å². The van der Waals surface area contributed by atoms with Crippen molar-refractivity contribution in [3.05, 3.63) is 55.0 Å². The minimum Gasteiger partial charge on any atom is -0.277 e. The summed E-state index contributed by atoms with van der Waals surface area (Å²) in [6, 6.07) is 11.7. The average Bonchev–Trinajstić information content (AvgIpc) is 2.82. The molecule has 0 atom stereocenters. The van der Waals surface area contributed by atoms with Crippen LogP contribution in [0.15, 0.2) is 55.0 Å². The Balaban J connectivity index is 1.99. The number of aromatic nitrogens is 3. The number of nitrogens with one attached hydrogen (secondary N) is 1. The van der Waals surface area contributed by atoms with E-state index in [-0.39, 0.29) is 0 Å². The summed E-state index contributed by atoms with van der Waals surface area (Å²) in [5.74, 6) is 0.731. The summed E-state index contributed by atoms with van der Waals surface area (Å²) in [6.45, 7) is 0. The van der Waals surface area contributed by atoms with E-state index >= 15 is 0 Å². The van der Waals surface area contributed by atoms with Gasteiger partial charge in [0, 0.05) is 12.4 Å². The third-order valence-corrected chi connectivity index (χ3v) is 2.30. The molecule has 78 valence electrons. The minimum absolute atomic E-state index is 0.731. The van der Waals surface area contributed by atoms with Gasteiger partial charge >= 0.3 is 0 Å². The lowest BCUT2D eigenvalue weighted by atomic mass is 10.3. The van der Waals surface area contributed by atoms with Crippen LogP contribution in [0.25, 0.3) is 11.0 Å². The van der Waals surface area contributed by atoms with Crippen LogP contribution in [0.4, 0.5) is 5.82 Å². The van der Waals surface area contributed by atoms with E-state index in [0.29, 0.717) is 0 Å². The molecule has 0 amide bonds. The molecule has 0 saturated carbocycles. The molecule has 0 bridgehead atoms. The summed E-state index contributed by atoms with van der Waals surface area (Å²) < 4.78 is 1.83. The van der Waals surface area contributed by atoms with Crippen molar-refractivity contribution >= 4 is 16.9 Å². The van der Waals surface area contributed by atoms with E-state index in [1.54, 1.807) is 6.20 Å². The molecule has 0 radical (unpaired) electrons. The van der Waals surface area contributed by atoms with Crippen molar-refractivity contribution in [2.75, 3.05) is 5.43 Å². The predicted molar refractivity (Wildman–Crippen MR) is 63.0 cm³/mol. The Morgan fingerprint density at radius 3 is 2.50 bits per heavy atom. The second-order valence-corrected chi connectivity index (χ2v) is 3.45. The normalized spacial score (nSPS) is 10.5. The van der Waals surface area contributed by atoms with Crippen LogP contribution in [0.2, 0.25) is 0 Å². The van der Waals surface area contributed by atoms with E-state index in [0.717, 1.165) is 16.9 Å². The van der Waals surface area contributed by atoms with Crippen molar-refractivity contribution < 1.29 is 0 Å². The fraction of sp³-hybridized carbons (Fsp3) is 0. The Hall–Kier alpha value is -2.36. The quantitative estimate of drug-likeness (QED) is 0.705. The second kappa shape index (κ2) is 3.66. The van der Waals surface area contributed by atoms with Crippen LogP contribution in [0.5, 0.6) is 0 Å². The summed E-state index contributed by atoms with van der Waals surface area (Å²) in [6.07, 6.45) is 5.55. The van der Waals surface area contributed by atoms with Gasteiger partial charge in [-0.15, -0.1) is 0 Å². The zero-order chi connectivity index (χ0) is 10.8. The highest BCUT2D eigenvalue weighted by Gasteiger charge is 1.98. The number of para-hydroxylation sites is 2. The SMILES string of the molecule is c1ccc2nc(Nn3cccc3)cnc2c1. The standard InChI is InChI=1S/C12H10N4/c1-2-6-11-10(5-1)13-9-12(14-11)15-16-7-3-4-8-16/h1-9H,(H,14,15). The smallest absolute Gasteiger partial charge is 0.164 e. The van der Waals surface area contributed by atoms with Crippen LogP contribution < -0.4 is 5.43 Å². The molecule has 0 aliphatic carbocycles. The number of benzene rings is 1. The Labute approximate surface area is 92.5 Å². The average molecular weight is 210 g/mol. The summed E-state index contributed by atoms with van der Waals surface area (Å²) in [4.78, 5) is 8.78. The number of hydrogen-bond acceptors (Lipinski definition) is 3.